The summed E-state index contributed by atoms with van der Waals surface area (Å²) in [5.74, 6) is -0.271. The van der Waals surface area contributed by atoms with Crippen LogP contribution in [0.25, 0.3) is 0 Å². The lowest BCUT2D eigenvalue weighted by Crippen LogP contribution is -1.83. The third kappa shape index (κ3) is 4.89. The van der Waals surface area contributed by atoms with Gasteiger partial charge in [-0.2, -0.15) is 0 Å². The van der Waals surface area contributed by atoms with Crippen molar-refractivity contribution in [3.05, 3.63) is 36.2 Å². The highest BCUT2D eigenvalue weighted by atomic mass is 19.1. The van der Waals surface area contributed by atoms with Crippen LogP contribution in [-0.2, 0) is 0 Å². The SMILES string of the molecule is C=C/C(F)=C(/C)C(=C)CC.CC. The van der Waals surface area contributed by atoms with Gasteiger partial charge in [-0.3, -0.25) is 0 Å². The van der Waals surface area contributed by atoms with Gasteiger partial charge in [-0.05, 0) is 30.6 Å². The Morgan fingerprint density at radius 2 is 1.83 bits per heavy atom. The largest absolute Gasteiger partial charge is 0.207 e. The van der Waals surface area contributed by atoms with Crippen LogP contribution in [0.3, 0.4) is 0 Å². The summed E-state index contributed by atoms with van der Waals surface area (Å²) in [6.45, 7) is 14.7. The van der Waals surface area contributed by atoms with E-state index in [2.05, 4.69) is 13.2 Å². The quantitative estimate of drug-likeness (QED) is 0.550. The van der Waals surface area contributed by atoms with Crippen LogP contribution >= 0.6 is 0 Å². The molecule has 12 heavy (non-hydrogen) atoms. The van der Waals surface area contributed by atoms with E-state index in [4.69, 9.17) is 0 Å². The van der Waals surface area contributed by atoms with Crippen LogP contribution in [0.15, 0.2) is 36.2 Å². The number of hydrogen-bond donors (Lipinski definition) is 0. The van der Waals surface area contributed by atoms with Gasteiger partial charge in [-0.25, -0.2) is 4.39 Å². The van der Waals surface area contributed by atoms with Gasteiger partial charge in [-0.15, -0.1) is 0 Å². The first-order valence-electron chi connectivity index (χ1n) is 4.30. The van der Waals surface area contributed by atoms with Crippen LogP contribution in [0, 0.1) is 0 Å². The van der Waals surface area contributed by atoms with E-state index in [0.29, 0.717) is 5.57 Å². The molecule has 1 heteroatoms. The highest BCUT2D eigenvalue weighted by Crippen LogP contribution is 2.16. The highest BCUT2D eigenvalue weighted by Gasteiger charge is 1.98. The Hall–Kier alpha value is -0.850. The van der Waals surface area contributed by atoms with Gasteiger partial charge in [0.25, 0.3) is 0 Å². The maximum Gasteiger partial charge on any atom is 0.125 e. The Morgan fingerprint density at radius 3 is 2.08 bits per heavy atom. The molecule has 0 aliphatic rings. The van der Waals surface area contributed by atoms with Crippen molar-refractivity contribution in [1.29, 1.82) is 0 Å². The van der Waals surface area contributed by atoms with E-state index in [1.165, 1.54) is 6.08 Å². The fourth-order valence-electron chi connectivity index (χ4n) is 0.587. The number of hydrogen-bond acceptors (Lipinski definition) is 0. The molecule has 0 heterocycles. The summed E-state index contributed by atoms with van der Waals surface area (Å²) in [6, 6.07) is 0. The highest BCUT2D eigenvalue weighted by molar-refractivity contribution is 5.32. The summed E-state index contributed by atoms with van der Waals surface area (Å²) in [5, 5.41) is 0. The molecule has 0 aromatic carbocycles. The van der Waals surface area contributed by atoms with Gasteiger partial charge in [0.1, 0.15) is 5.83 Å². The second-order valence-electron chi connectivity index (χ2n) is 2.13. The third-order valence-corrected chi connectivity index (χ3v) is 1.49. The van der Waals surface area contributed by atoms with Gasteiger partial charge in [0.15, 0.2) is 0 Å². The Labute approximate surface area is 75.5 Å². The Kier molecular flexibility index (Phi) is 9.43. The molecule has 0 radical (unpaired) electrons. The van der Waals surface area contributed by atoms with Gasteiger partial charge < -0.3 is 0 Å². The molecule has 0 aliphatic heterocycles. The van der Waals surface area contributed by atoms with E-state index < -0.39 is 0 Å². The molecule has 0 atom stereocenters. The second-order valence-corrected chi connectivity index (χ2v) is 2.13. The minimum atomic E-state index is -0.271. The van der Waals surface area contributed by atoms with E-state index in [-0.39, 0.29) is 5.83 Å². The minimum Gasteiger partial charge on any atom is -0.207 e. The average molecular weight is 170 g/mol. The summed E-state index contributed by atoms with van der Waals surface area (Å²) in [7, 11) is 0. The summed E-state index contributed by atoms with van der Waals surface area (Å²) >= 11 is 0. The molecule has 0 rings (SSSR count). The van der Waals surface area contributed by atoms with Crippen molar-refractivity contribution in [3.8, 4) is 0 Å². The smallest absolute Gasteiger partial charge is 0.125 e. The van der Waals surface area contributed by atoms with Crippen LogP contribution in [0.4, 0.5) is 4.39 Å². The third-order valence-electron chi connectivity index (χ3n) is 1.49. The van der Waals surface area contributed by atoms with Crippen molar-refractivity contribution in [3.63, 3.8) is 0 Å². The predicted octanol–water partition coefficient (Wildman–Crippen LogP) is 4.41. The first-order chi connectivity index (χ1) is 5.63. The molecule has 0 saturated heterocycles. The van der Waals surface area contributed by atoms with Gasteiger partial charge >= 0.3 is 0 Å². The molecule has 0 aliphatic carbocycles. The topological polar surface area (TPSA) is 0 Å². The molecular weight excluding hydrogens is 151 g/mol. The fraction of sp³-hybridized carbons (Fsp3) is 0.455. The summed E-state index contributed by atoms with van der Waals surface area (Å²) in [4.78, 5) is 0. The zero-order chi connectivity index (χ0) is 10.1. The van der Waals surface area contributed by atoms with Crippen molar-refractivity contribution < 1.29 is 4.39 Å². The van der Waals surface area contributed by atoms with Gasteiger partial charge in [-0.1, -0.05) is 33.9 Å². The summed E-state index contributed by atoms with van der Waals surface area (Å²) < 4.78 is 12.7. The lowest BCUT2D eigenvalue weighted by atomic mass is 10.1. The molecule has 0 aromatic rings. The summed E-state index contributed by atoms with van der Waals surface area (Å²) in [6.07, 6.45) is 1.99. The van der Waals surface area contributed by atoms with Crippen molar-refractivity contribution >= 4 is 0 Å². The van der Waals surface area contributed by atoms with E-state index in [9.17, 15) is 4.39 Å². The molecule has 0 bridgehead atoms. The Balaban J connectivity index is 0. The van der Waals surface area contributed by atoms with Gasteiger partial charge in [0.05, 0.1) is 0 Å². The Bertz CT molecular complexity index is 175. The normalized spacial score (nSPS) is 10.8. The molecule has 0 unspecified atom stereocenters. The predicted molar refractivity (Wildman–Crippen MR) is 54.8 cm³/mol. The van der Waals surface area contributed by atoms with Crippen LogP contribution in [0.5, 0.6) is 0 Å². The zero-order valence-corrected chi connectivity index (χ0v) is 8.58. The zero-order valence-electron chi connectivity index (χ0n) is 8.58. The van der Waals surface area contributed by atoms with Crippen molar-refractivity contribution in [2.75, 3.05) is 0 Å². The van der Waals surface area contributed by atoms with E-state index >= 15 is 0 Å². The van der Waals surface area contributed by atoms with Crippen LogP contribution in [-0.4, -0.2) is 0 Å². The number of rotatable bonds is 3. The minimum absolute atomic E-state index is 0.271. The Morgan fingerprint density at radius 1 is 1.42 bits per heavy atom. The molecule has 0 amide bonds. The monoisotopic (exact) mass is 170 g/mol. The van der Waals surface area contributed by atoms with E-state index in [1.807, 2.05) is 20.8 Å². The number of allylic oxidation sites excluding steroid dienone is 4. The van der Waals surface area contributed by atoms with Crippen molar-refractivity contribution in [1.82, 2.24) is 0 Å². The van der Waals surface area contributed by atoms with E-state index in [1.54, 1.807) is 6.92 Å². The lowest BCUT2D eigenvalue weighted by molar-refractivity contribution is 0.655. The first kappa shape index (κ1) is 13.7. The molecule has 0 spiro atoms. The van der Waals surface area contributed by atoms with Crippen LogP contribution < -0.4 is 0 Å². The van der Waals surface area contributed by atoms with Crippen LogP contribution in [0.1, 0.15) is 34.1 Å². The fourth-order valence-corrected chi connectivity index (χ4v) is 0.587. The molecule has 0 saturated carbocycles. The summed E-state index contributed by atoms with van der Waals surface area (Å²) in [5.41, 5.74) is 1.44. The standard InChI is InChI=1S/C9H13F.C2H6/c1-5-7(3)8(4)9(10)6-2;1-2/h6H,2-3,5H2,1,4H3;1-2H3/b9-8+;. The molecule has 0 N–H and O–H groups in total. The van der Waals surface area contributed by atoms with E-state index in [0.717, 1.165) is 12.0 Å². The molecule has 0 fully saturated rings. The van der Waals surface area contributed by atoms with Crippen molar-refractivity contribution in [2.45, 2.75) is 34.1 Å². The van der Waals surface area contributed by atoms with Crippen LogP contribution in [0.2, 0.25) is 0 Å². The van der Waals surface area contributed by atoms with Gasteiger partial charge in [0, 0.05) is 0 Å². The lowest BCUT2D eigenvalue weighted by Gasteiger charge is -2.01. The maximum absolute atomic E-state index is 12.7. The molecule has 0 aromatic heterocycles. The second kappa shape index (κ2) is 8.25. The van der Waals surface area contributed by atoms with Gasteiger partial charge in [0.2, 0.25) is 0 Å². The van der Waals surface area contributed by atoms with Crippen molar-refractivity contribution in [2.24, 2.45) is 0 Å². The molecule has 0 nitrogen and oxygen atoms in total. The first-order valence-corrected chi connectivity index (χ1v) is 4.30. The maximum atomic E-state index is 12.7. The number of halogens is 1. The molecular formula is C11H19F. The average Bonchev–Trinajstić information content (AvgIpc) is 2.17. The molecule has 70 valence electrons.